The van der Waals surface area contributed by atoms with Gasteiger partial charge in [0.2, 0.25) is 5.89 Å². The summed E-state index contributed by atoms with van der Waals surface area (Å²) in [6.07, 6.45) is 0. The first-order valence-electron chi connectivity index (χ1n) is 7.93. The van der Waals surface area contributed by atoms with Gasteiger partial charge in [-0.2, -0.15) is 0 Å². The summed E-state index contributed by atoms with van der Waals surface area (Å²) in [7, 11) is 0. The third kappa shape index (κ3) is 3.64. The van der Waals surface area contributed by atoms with E-state index in [1.165, 1.54) is 17.4 Å². The Morgan fingerprint density at radius 1 is 1.28 bits per heavy atom. The molecule has 2 aromatic heterocycles. The molecule has 1 aromatic carbocycles. The standard InChI is InChI=1S/C19H19FN2O2S/c1-12-16(22-18(24-12)15-9-6-10-25-15)17(23)21-11-19(2,3)13-7-4-5-8-14(13)20/h4-10H,11H2,1-3H3,(H,21,23). The summed E-state index contributed by atoms with van der Waals surface area (Å²) in [4.78, 5) is 17.7. The van der Waals surface area contributed by atoms with Gasteiger partial charge >= 0.3 is 0 Å². The highest BCUT2D eigenvalue weighted by Gasteiger charge is 2.26. The van der Waals surface area contributed by atoms with Crippen LogP contribution < -0.4 is 5.32 Å². The second kappa shape index (κ2) is 6.80. The van der Waals surface area contributed by atoms with Gasteiger partial charge in [0.15, 0.2) is 5.69 Å². The van der Waals surface area contributed by atoms with Gasteiger partial charge < -0.3 is 9.73 Å². The number of hydrogen-bond acceptors (Lipinski definition) is 4. The molecule has 0 saturated carbocycles. The van der Waals surface area contributed by atoms with Gasteiger partial charge in [-0.15, -0.1) is 11.3 Å². The lowest BCUT2D eigenvalue weighted by Crippen LogP contribution is -2.37. The molecule has 0 atom stereocenters. The molecule has 0 saturated heterocycles. The van der Waals surface area contributed by atoms with Crippen LogP contribution in [0.4, 0.5) is 4.39 Å². The fourth-order valence-corrected chi connectivity index (χ4v) is 3.25. The number of carbonyl (C=O) groups excluding carboxylic acids is 1. The highest BCUT2D eigenvalue weighted by molar-refractivity contribution is 7.13. The fourth-order valence-electron chi connectivity index (χ4n) is 2.60. The van der Waals surface area contributed by atoms with Gasteiger partial charge in [-0.3, -0.25) is 4.79 Å². The molecule has 1 amide bonds. The molecule has 4 nitrogen and oxygen atoms in total. The van der Waals surface area contributed by atoms with Gasteiger partial charge in [-0.1, -0.05) is 38.1 Å². The number of aromatic nitrogens is 1. The minimum Gasteiger partial charge on any atom is -0.440 e. The van der Waals surface area contributed by atoms with Crippen LogP contribution in [0.3, 0.4) is 0 Å². The average Bonchev–Trinajstić information content (AvgIpc) is 3.22. The first kappa shape index (κ1) is 17.4. The molecule has 0 fully saturated rings. The van der Waals surface area contributed by atoms with Crippen LogP contribution in [0.25, 0.3) is 10.8 Å². The van der Waals surface area contributed by atoms with Gasteiger partial charge in [0.1, 0.15) is 11.6 Å². The van der Waals surface area contributed by atoms with E-state index in [1.807, 2.05) is 31.4 Å². The summed E-state index contributed by atoms with van der Waals surface area (Å²) in [5.74, 6) is 0.295. The Morgan fingerprint density at radius 2 is 2.04 bits per heavy atom. The highest BCUT2D eigenvalue weighted by Crippen LogP contribution is 2.27. The van der Waals surface area contributed by atoms with E-state index in [9.17, 15) is 9.18 Å². The summed E-state index contributed by atoms with van der Waals surface area (Å²) < 4.78 is 19.6. The summed E-state index contributed by atoms with van der Waals surface area (Å²) >= 11 is 1.50. The molecule has 1 N–H and O–H groups in total. The van der Waals surface area contributed by atoms with Crippen molar-refractivity contribution in [2.75, 3.05) is 6.54 Å². The van der Waals surface area contributed by atoms with E-state index in [4.69, 9.17) is 4.42 Å². The topological polar surface area (TPSA) is 55.1 Å². The number of hydrogen-bond donors (Lipinski definition) is 1. The number of nitrogens with one attached hydrogen (secondary N) is 1. The maximum Gasteiger partial charge on any atom is 0.273 e. The summed E-state index contributed by atoms with van der Waals surface area (Å²) in [6.45, 7) is 5.77. The first-order valence-corrected chi connectivity index (χ1v) is 8.81. The minimum absolute atomic E-state index is 0.257. The van der Waals surface area contributed by atoms with E-state index in [1.54, 1.807) is 25.1 Å². The zero-order valence-corrected chi connectivity index (χ0v) is 15.1. The van der Waals surface area contributed by atoms with E-state index < -0.39 is 5.41 Å². The van der Waals surface area contributed by atoms with E-state index in [2.05, 4.69) is 10.3 Å². The second-order valence-corrected chi connectivity index (χ2v) is 7.40. The highest BCUT2D eigenvalue weighted by atomic mass is 32.1. The summed E-state index contributed by atoms with van der Waals surface area (Å²) in [5, 5.41) is 4.76. The van der Waals surface area contributed by atoms with Crippen molar-refractivity contribution in [1.29, 1.82) is 0 Å². The molecule has 0 aliphatic heterocycles. The van der Waals surface area contributed by atoms with Gasteiger partial charge in [0, 0.05) is 12.0 Å². The number of oxazole rings is 1. The molecule has 6 heteroatoms. The molecule has 0 aliphatic carbocycles. The molecule has 25 heavy (non-hydrogen) atoms. The van der Waals surface area contributed by atoms with E-state index in [0.717, 1.165) is 4.88 Å². The monoisotopic (exact) mass is 358 g/mol. The van der Waals surface area contributed by atoms with Gasteiger partial charge in [-0.25, -0.2) is 9.37 Å². The van der Waals surface area contributed by atoms with Gasteiger partial charge in [0.05, 0.1) is 4.88 Å². The number of nitrogens with zero attached hydrogens (tertiary/aromatic N) is 1. The van der Waals surface area contributed by atoms with Crippen LogP contribution in [0.15, 0.2) is 46.2 Å². The molecule has 0 spiro atoms. The maximum absolute atomic E-state index is 14.0. The lowest BCUT2D eigenvalue weighted by Gasteiger charge is -2.25. The largest absolute Gasteiger partial charge is 0.440 e. The number of thiophene rings is 1. The van der Waals surface area contributed by atoms with Crippen LogP contribution in [0, 0.1) is 12.7 Å². The number of halogens is 1. The Bertz CT molecular complexity index is 885. The lowest BCUT2D eigenvalue weighted by atomic mass is 9.84. The molecule has 130 valence electrons. The van der Waals surface area contributed by atoms with E-state index >= 15 is 0 Å². The first-order chi connectivity index (χ1) is 11.9. The van der Waals surface area contributed by atoms with Crippen molar-refractivity contribution in [2.24, 2.45) is 0 Å². The van der Waals surface area contributed by atoms with Crippen molar-refractivity contribution in [3.63, 3.8) is 0 Å². The SMILES string of the molecule is Cc1oc(-c2cccs2)nc1C(=O)NCC(C)(C)c1ccccc1F. The minimum atomic E-state index is -0.546. The molecule has 3 rings (SSSR count). The predicted octanol–water partition coefficient (Wildman–Crippen LogP) is 4.56. The van der Waals surface area contributed by atoms with Crippen LogP contribution in [-0.4, -0.2) is 17.4 Å². The van der Waals surface area contributed by atoms with Crippen molar-refractivity contribution < 1.29 is 13.6 Å². The molecule has 3 aromatic rings. The number of rotatable bonds is 5. The molecule has 2 heterocycles. The van der Waals surface area contributed by atoms with Crippen LogP contribution >= 0.6 is 11.3 Å². The molecule has 0 radical (unpaired) electrons. The molecular formula is C19H19FN2O2S. The van der Waals surface area contributed by atoms with E-state index in [0.29, 0.717) is 17.2 Å². The number of aryl methyl sites for hydroxylation is 1. The summed E-state index contributed by atoms with van der Waals surface area (Å²) in [5.41, 5.74) is 0.272. The Hall–Kier alpha value is -2.47. The molecule has 0 bridgehead atoms. The normalized spacial score (nSPS) is 11.5. The van der Waals surface area contributed by atoms with Crippen molar-refractivity contribution >= 4 is 17.2 Å². The van der Waals surface area contributed by atoms with Crippen molar-refractivity contribution in [1.82, 2.24) is 10.3 Å². The third-order valence-electron chi connectivity index (χ3n) is 4.04. The number of amides is 1. The lowest BCUT2D eigenvalue weighted by molar-refractivity contribution is 0.0939. The van der Waals surface area contributed by atoms with Gasteiger partial charge in [0.25, 0.3) is 5.91 Å². The maximum atomic E-state index is 14.0. The zero-order valence-electron chi connectivity index (χ0n) is 14.3. The van der Waals surface area contributed by atoms with Crippen LogP contribution in [0.1, 0.15) is 35.7 Å². The number of carbonyl (C=O) groups is 1. The Labute approximate surface area is 149 Å². The average molecular weight is 358 g/mol. The summed E-state index contributed by atoms with van der Waals surface area (Å²) in [6, 6.07) is 10.4. The van der Waals surface area contributed by atoms with E-state index in [-0.39, 0.29) is 24.0 Å². The third-order valence-corrected chi connectivity index (χ3v) is 4.90. The Kier molecular flexibility index (Phi) is 4.72. The smallest absolute Gasteiger partial charge is 0.273 e. The number of benzene rings is 1. The van der Waals surface area contributed by atoms with Gasteiger partial charge in [-0.05, 0) is 30.0 Å². The molecule has 0 aliphatic rings. The van der Waals surface area contributed by atoms with Crippen molar-refractivity contribution in [3.05, 3.63) is 64.6 Å². The van der Waals surface area contributed by atoms with Crippen LogP contribution in [0.5, 0.6) is 0 Å². The van der Waals surface area contributed by atoms with Crippen molar-refractivity contribution in [3.8, 4) is 10.8 Å². The Morgan fingerprint density at radius 3 is 2.72 bits per heavy atom. The molecule has 0 unspecified atom stereocenters. The Balaban J connectivity index is 1.74. The molecular weight excluding hydrogens is 339 g/mol. The van der Waals surface area contributed by atoms with Crippen LogP contribution in [-0.2, 0) is 5.41 Å². The predicted molar refractivity (Wildman–Crippen MR) is 96.3 cm³/mol. The zero-order chi connectivity index (χ0) is 18.0. The van der Waals surface area contributed by atoms with Crippen LogP contribution in [0.2, 0.25) is 0 Å². The van der Waals surface area contributed by atoms with Crippen molar-refractivity contribution in [2.45, 2.75) is 26.2 Å². The quantitative estimate of drug-likeness (QED) is 0.727. The fraction of sp³-hybridized carbons (Fsp3) is 0.263. The second-order valence-electron chi connectivity index (χ2n) is 6.45.